The van der Waals surface area contributed by atoms with Crippen LogP contribution in [-0.4, -0.2) is 21.1 Å². The fourth-order valence-electron chi connectivity index (χ4n) is 2.55. The minimum atomic E-state index is 0.358. The van der Waals surface area contributed by atoms with Crippen molar-refractivity contribution in [2.24, 2.45) is 5.92 Å². The Balaban J connectivity index is 2.35. The Morgan fingerprint density at radius 3 is 2.89 bits per heavy atom. The Morgan fingerprint density at radius 1 is 1.33 bits per heavy atom. The number of rotatable bonds is 6. The SMILES string of the molecule is CCCC(C)C(NCC)c1cnn2ccncc12. The minimum absolute atomic E-state index is 0.358. The normalized spacial score (nSPS) is 14.8. The molecule has 0 aliphatic rings. The zero-order valence-electron chi connectivity index (χ0n) is 11.4. The van der Waals surface area contributed by atoms with Gasteiger partial charge in [-0.2, -0.15) is 5.10 Å². The smallest absolute Gasteiger partial charge is 0.0892 e. The molecule has 2 rings (SSSR count). The minimum Gasteiger partial charge on any atom is -0.310 e. The molecule has 2 aromatic rings. The van der Waals surface area contributed by atoms with E-state index in [1.54, 1.807) is 6.20 Å². The van der Waals surface area contributed by atoms with E-state index < -0.39 is 0 Å². The highest BCUT2D eigenvalue weighted by molar-refractivity contribution is 5.53. The number of nitrogens with one attached hydrogen (secondary N) is 1. The lowest BCUT2D eigenvalue weighted by Crippen LogP contribution is -2.26. The van der Waals surface area contributed by atoms with Crippen molar-refractivity contribution in [2.45, 2.75) is 39.7 Å². The Morgan fingerprint density at radius 2 is 2.17 bits per heavy atom. The molecule has 18 heavy (non-hydrogen) atoms. The fourth-order valence-corrected chi connectivity index (χ4v) is 2.55. The van der Waals surface area contributed by atoms with E-state index in [1.165, 1.54) is 18.4 Å². The molecule has 4 heteroatoms. The van der Waals surface area contributed by atoms with E-state index in [0.29, 0.717) is 12.0 Å². The van der Waals surface area contributed by atoms with Gasteiger partial charge >= 0.3 is 0 Å². The molecule has 0 amide bonds. The van der Waals surface area contributed by atoms with Gasteiger partial charge in [-0.25, -0.2) is 4.52 Å². The van der Waals surface area contributed by atoms with Crippen molar-refractivity contribution >= 4 is 5.52 Å². The second-order valence-electron chi connectivity index (χ2n) is 4.81. The van der Waals surface area contributed by atoms with Gasteiger partial charge in [0.1, 0.15) is 0 Å². The average Bonchev–Trinajstić information content (AvgIpc) is 2.80. The molecular weight excluding hydrogens is 224 g/mol. The van der Waals surface area contributed by atoms with Crippen LogP contribution in [0.15, 0.2) is 24.8 Å². The molecule has 0 spiro atoms. The van der Waals surface area contributed by atoms with E-state index in [0.717, 1.165) is 12.1 Å². The third-order valence-corrected chi connectivity index (χ3v) is 3.43. The molecule has 2 aromatic heterocycles. The number of fused-ring (bicyclic) bond motifs is 1. The van der Waals surface area contributed by atoms with Crippen molar-refractivity contribution in [2.75, 3.05) is 6.54 Å². The van der Waals surface area contributed by atoms with Gasteiger partial charge in [0.25, 0.3) is 0 Å². The first-order chi connectivity index (χ1) is 8.77. The highest BCUT2D eigenvalue weighted by atomic mass is 15.2. The average molecular weight is 246 g/mol. The van der Waals surface area contributed by atoms with Crippen molar-refractivity contribution in [1.29, 1.82) is 0 Å². The second-order valence-corrected chi connectivity index (χ2v) is 4.81. The van der Waals surface area contributed by atoms with Crippen LogP contribution >= 0.6 is 0 Å². The maximum Gasteiger partial charge on any atom is 0.0892 e. The van der Waals surface area contributed by atoms with Crippen LogP contribution in [0.2, 0.25) is 0 Å². The third kappa shape index (κ3) is 2.53. The van der Waals surface area contributed by atoms with Crippen molar-refractivity contribution in [1.82, 2.24) is 19.9 Å². The molecule has 0 aromatic carbocycles. The molecule has 0 radical (unpaired) electrons. The summed E-state index contributed by atoms with van der Waals surface area (Å²) in [4.78, 5) is 4.20. The van der Waals surface area contributed by atoms with E-state index in [4.69, 9.17) is 0 Å². The molecule has 2 atom stereocenters. The molecule has 2 heterocycles. The third-order valence-electron chi connectivity index (χ3n) is 3.43. The zero-order valence-corrected chi connectivity index (χ0v) is 11.4. The summed E-state index contributed by atoms with van der Waals surface area (Å²) in [6, 6.07) is 0.358. The monoisotopic (exact) mass is 246 g/mol. The molecule has 0 aliphatic carbocycles. The van der Waals surface area contributed by atoms with Gasteiger partial charge in [-0.15, -0.1) is 0 Å². The summed E-state index contributed by atoms with van der Waals surface area (Å²) in [7, 11) is 0. The van der Waals surface area contributed by atoms with Crippen LogP contribution in [-0.2, 0) is 0 Å². The molecule has 0 saturated carbocycles. The van der Waals surface area contributed by atoms with Crippen molar-refractivity contribution in [3.63, 3.8) is 0 Å². The van der Waals surface area contributed by atoms with E-state index in [-0.39, 0.29) is 0 Å². The molecule has 0 aliphatic heterocycles. The van der Waals surface area contributed by atoms with Crippen molar-refractivity contribution < 1.29 is 0 Å². The Kier molecular flexibility index (Phi) is 4.31. The summed E-state index contributed by atoms with van der Waals surface area (Å²) >= 11 is 0. The maximum absolute atomic E-state index is 4.40. The summed E-state index contributed by atoms with van der Waals surface area (Å²) in [5.41, 5.74) is 2.36. The van der Waals surface area contributed by atoms with Crippen LogP contribution in [0.25, 0.3) is 5.52 Å². The lowest BCUT2D eigenvalue weighted by molar-refractivity contribution is 0.371. The second kappa shape index (κ2) is 5.96. The van der Waals surface area contributed by atoms with Gasteiger partial charge in [-0.05, 0) is 18.9 Å². The van der Waals surface area contributed by atoms with E-state index in [2.05, 4.69) is 36.2 Å². The van der Waals surface area contributed by atoms with Gasteiger partial charge in [-0.3, -0.25) is 4.98 Å². The van der Waals surface area contributed by atoms with Crippen molar-refractivity contribution in [3.05, 3.63) is 30.4 Å². The Labute approximate surface area is 108 Å². The predicted molar refractivity (Wildman–Crippen MR) is 73.5 cm³/mol. The largest absolute Gasteiger partial charge is 0.310 e. The van der Waals surface area contributed by atoms with Crippen LogP contribution in [0.1, 0.15) is 45.2 Å². The lowest BCUT2D eigenvalue weighted by atomic mass is 9.92. The van der Waals surface area contributed by atoms with Gasteiger partial charge in [-0.1, -0.05) is 27.2 Å². The maximum atomic E-state index is 4.40. The number of hydrogen-bond acceptors (Lipinski definition) is 3. The van der Waals surface area contributed by atoms with Gasteiger partial charge in [0.05, 0.1) is 17.9 Å². The zero-order chi connectivity index (χ0) is 13.0. The van der Waals surface area contributed by atoms with Crippen LogP contribution in [0.5, 0.6) is 0 Å². The topological polar surface area (TPSA) is 42.2 Å². The number of hydrogen-bond donors (Lipinski definition) is 1. The van der Waals surface area contributed by atoms with Crippen molar-refractivity contribution in [3.8, 4) is 0 Å². The van der Waals surface area contributed by atoms with Gasteiger partial charge in [0.15, 0.2) is 0 Å². The quantitative estimate of drug-likeness (QED) is 0.852. The first-order valence-electron chi connectivity index (χ1n) is 6.78. The fraction of sp³-hybridized carbons (Fsp3) is 0.571. The Bertz CT molecular complexity index is 491. The predicted octanol–water partition coefficient (Wildman–Crippen LogP) is 2.82. The lowest BCUT2D eigenvalue weighted by Gasteiger charge is -2.24. The summed E-state index contributed by atoms with van der Waals surface area (Å²) in [6.07, 6.45) is 9.95. The molecule has 0 saturated heterocycles. The van der Waals surface area contributed by atoms with Crippen LogP contribution < -0.4 is 5.32 Å². The van der Waals surface area contributed by atoms with Gasteiger partial charge in [0, 0.05) is 24.0 Å². The first-order valence-corrected chi connectivity index (χ1v) is 6.78. The number of nitrogens with zero attached hydrogens (tertiary/aromatic N) is 3. The molecule has 0 fully saturated rings. The molecule has 4 nitrogen and oxygen atoms in total. The van der Waals surface area contributed by atoms with E-state index >= 15 is 0 Å². The number of aromatic nitrogens is 3. The van der Waals surface area contributed by atoms with Crippen LogP contribution in [0, 0.1) is 5.92 Å². The molecule has 1 N–H and O–H groups in total. The summed E-state index contributed by atoms with van der Waals surface area (Å²) in [5.74, 6) is 0.600. The van der Waals surface area contributed by atoms with Gasteiger partial charge in [0.2, 0.25) is 0 Å². The Hall–Kier alpha value is -1.42. The molecular formula is C14H22N4. The molecule has 0 bridgehead atoms. The standard InChI is InChI=1S/C14H22N4/c1-4-6-11(3)14(16-5-2)12-9-17-18-8-7-15-10-13(12)18/h7-11,14,16H,4-6H2,1-3H3. The first kappa shape index (κ1) is 13.0. The molecule has 98 valence electrons. The van der Waals surface area contributed by atoms with Crippen LogP contribution in [0.3, 0.4) is 0 Å². The molecule has 2 unspecified atom stereocenters. The highest BCUT2D eigenvalue weighted by Gasteiger charge is 2.21. The summed E-state index contributed by atoms with van der Waals surface area (Å²) in [6.45, 7) is 7.65. The van der Waals surface area contributed by atoms with E-state index in [9.17, 15) is 0 Å². The highest BCUT2D eigenvalue weighted by Crippen LogP contribution is 2.28. The summed E-state index contributed by atoms with van der Waals surface area (Å²) < 4.78 is 1.89. The summed E-state index contributed by atoms with van der Waals surface area (Å²) in [5, 5.41) is 7.98. The van der Waals surface area contributed by atoms with Crippen LogP contribution in [0.4, 0.5) is 0 Å². The van der Waals surface area contributed by atoms with E-state index in [1.807, 2.05) is 23.1 Å². The van der Waals surface area contributed by atoms with Gasteiger partial charge < -0.3 is 5.32 Å².